The van der Waals surface area contributed by atoms with Gasteiger partial charge in [0.15, 0.2) is 0 Å². The van der Waals surface area contributed by atoms with Crippen molar-refractivity contribution in [2.45, 2.75) is 0 Å². The van der Waals surface area contributed by atoms with Gasteiger partial charge in [-0.1, -0.05) is 6.07 Å². The number of aromatic hydroxyl groups is 1. The highest BCUT2D eigenvalue weighted by Gasteiger charge is 2.19. The normalized spacial score (nSPS) is 11.0. The molecule has 0 aliphatic heterocycles. The van der Waals surface area contributed by atoms with E-state index in [0.29, 0.717) is 28.5 Å². The minimum absolute atomic E-state index is 0.0447. The van der Waals surface area contributed by atoms with Gasteiger partial charge in [0.05, 0.1) is 18.2 Å². The maximum atomic E-state index is 13.7. The molecule has 3 heterocycles. The second kappa shape index (κ2) is 5.90. The lowest BCUT2D eigenvalue weighted by molar-refractivity contribution is 0.414. The minimum atomic E-state index is -0.447. The van der Waals surface area contributed by atoms with Crippen molar-refractivity contribution >= 4 is 5.52 Å². The average molecular weight is 335 g/mol. The largest absolute Gasteiger partial charge is 0.507 e. The molecule has 0 radical (unpaired) electrons. The number of halogens is 1. The maximum Gasteiger partial charge on any atom is 0.149 e. The molecule has 0 aliphatic carbocycles. The molecular weight excluding hydrogens is 321 g/mol. The number of phenols is 1. The molecule has 0 atom stereocenters. The van der Waals surface area contributed by atoms with E-state index in [1.807, 2.05) is 18.2 Å². The molecule has 0 bridgehead atoms. The Labute approximate surface area is 143 Å². The number of phenolic OH excluding ortho intramolecular Hbond substituents is 1. The van der Waals surface area contributed by atoms with Gasteiger partial charge in [0, 0.05) is 12.4 Å². The Morgan fingerprint density at radius 3 is 2.80 bits per heavy atom. The number of hydrogen-bond acceptors (Lipinski definition) is 4. The molecule has 5 nitrogen and oxygen atoms in total. The third-order valence-electron chi connectivity index (χ3n) is 3.96. The number of pyridine rings is 2. The fourth-order valence-corrected chi connectivity index (χ4v) is 2.82. The monoisotopic (exact) mass is 335 g/mol. The molecule has 0 amide bonds. The quantitative estimate of drug-likeness (QED) is 0.616. The van der Waals surface area contributed by atoms with E-state index in [4.69, 9.17) is 4.74 Å². The summed E-state index contributed by atoms with van der Waals surface area (Å²) in [4.78, 5) is 9.01. The summed E-state index contributed by atoms with van der Waals surface area (Å²) in [5.74, 6) is 0.519. The summed E-state index contributed by atoms with van der Waals surface area (Å²) in [5.41, 5.74) is 2.26. The highest BCUT2D eigenvalue weighted by molar-refractivity contribution is 5.83. The Bertz CT molecular complexity index is 1080. The van der Waals surface area contributed by atoms with Crippen molar-refractivity contribution in [3.63, 3.8) is 0 Å². The summed E-state index contributed by atoms with van der Waals surface area (Å²) in [6.07, 6.45) is 3.46. The zero-order valence-electron chi connectivity index (χ0n) is 13.3. The van der Waals surface area contributed by atoms with E-state index in [1.54, 1.807) is 36.0 Å². The second-order valence-corrected chi connectivity index (χ2v) is 5.46. The van der Waals surface area contributed by atoms with Gasteiger partial charge in [-0.3, -0.25) is 9.38 Å². The summed E-state index contributed by atoms with van der Waals surface area (Å²) < 4.78 is 20.9. The lowest BCUT2D eigenvalue weighted by atomic mass is 10.2. The number of methoxy groups -OCH3 is 1. The van der Waals surface area contributed by atoms with Crippen molar-refractivity contribution in [3.8, 4) is 34.3 Å². The van der Waals surface area contributed by atoms with Crippen LogP contribution in [0, 0.1) is 5.82 Å². The van der Waals surface area contributed by atoms with Gasteiger partial charge in [-0.2, -0.15) is 0 Å². The van der Waals surface area contributed by atoms with Gasteiger partial charge in [-0.15, -0.1) is 0 Å². The Morgan fingerprint density at radius 1 is 1.08 bits per heavy atom. The molecule has 0 fully saturated rings. The number of benzene rings is 1. The van der Waals surface area contributed by atoms with E-state index < -0.39 is 5.82 Å². The van der Waals surface area contributed by atoms with E-state index in [1.165, 1.54) is 18.2 Å². The van der Waals surface area contributed by atoms with Crippen molar-refractivity contribution in [3.05, 3.63) is 66.7 Å². The topological polar surface area (TPSA) is 59.7 Å². The van der Waals surface area contributed by atoms with Crippen LogP contribution < -0.4 is 4.74 Å². The van der Waals surface area contributed by atoms with Crippen LogP contribution in [0.1, 0.15) is 0 Å². The molecule has 0 aliphatic rings. The van der Waals surface area contributed by atoms with Crippen LogP contribution in [-0.2, 0) is 0 Å². The first-order chi connectivity index (χ1) is 12.2. The van der Waals surface area contributed by atoms with Crippen LogP contribution in [0.3, 0.4) is 0 Å². The number of hydrogen-bond donors (Lipinski definition) is 1. The lowest BCUT2D eigenvalue weighted by Crippen LogP contribution is -1.91. The number of aromatic nitrogens is 3. The molecule has 1 aromatic carbocycles. The molecule has 0 spiro atoms. The predicted molar refractivity (Wildman–Crippen MR) is 92.0 cm³/mol. The highest BCUT2D eigenvalue weighted by atomic mass is 19.1. The fraction of sp³-hybridized carbons (Fsp3) is 0.0526. The molecule has 4 rings (SSSR count). The van der Waals surface area contributed by atoms with Crippen LogP contribution in [0.15, 0.2) is 60.9 Å². The van der Waals surface area contributed by atoms with Crippen LogP contribution in [0.5, 0.6) is 11.5 Å². The van der Waals surface area contributed by atoms with E-state index >= 15 is 0 Å². The lowest BCUT2D eigenvalue weighted by Gasteiger charge is -2.04. The highest BCUT2D eigenvalue weighted by Crippen LogP contribution is 2.36. The molecular formula is C19H14FN3O2. The van der Waals surface area contributed by atoms with Gasteiger partial charge in [0.25, 0.3) is 0 Å². The smallest absolute Gasteiger partial charge is 0.149 e. The molecule has 4 aromatic rings. The van der Waals surface area contributed by atoms with E-state index in [9.17, 15) is 9.50 Å². The van der Waals surface area contributed by atoms with Crippen LogP contribution in [-0.4, -0.2) is 26.6 Å². The Balaban J connectivity index is 2.04. The van der Waals surface area contributed by atoms with Gasteiger partial charge < -0.3 is 9.84 Å². The molecule has 6 heteroatoms. The number of imidazole rings is 1. The van der Waals surface area contributed by atoms with Crippen LogP contribution >= 0.6 is 0 Å². The van der Waals surface area contributed by atoms with Gasteiger partial charge in [0.2, 0.25) is 0 Å². The zero-order chi connectivity index (χ0) is 17.4. The van der Waals surface area contributed by atoms with Crippen molar-refractivity contribution in [1.29, 1.82) is 0 Å². The first kappa shape index (κ1) is 15.1. The first-order valence-corrected chi connectivity index (χ1v) is 7.64. The summed E-state index contributed by atoms with van der Waals surface area (Å²) >= 11 is 0. The first-order valence-electron chi connectivity index (χ1n) is 7.64. The molecule has 0 unspecified atom stereocenters. The van der Waals surface area contributed by atoms with Crippen molar-refractivity contribution in [2.75, 3.05) is 7.11 Å². The molecule has 1 N–H and O–H groups in total. The number of nitrogens with zero attached hydrogens (tertiary/aromatic N) is 3. The molecule has 25 heavy (non-hydrogen) atoms. The maximum absolute atomic E-state index is 13.7. The number of ether oxygens (including phenoxy) is 1. The van der Waals surface area contributed by atoms with Crippen molar-refractivity contribution in [2.24, 2.45) is 0 Å². The average Bonchev–Trinajstić information content (AvgIpc) is 3.03. The predicted octanol–water partition coefficient (Wildman–Crippen LogP) is 3.92. The third-order valence-corrected chi connectivity index (χ3v) is 3.96. The van der Waals surface area contributed by atoms with Crippen molar-refractivity contribution in [1.82, 2.24) is 14.4 Å². The van der Waals surface area contributed by atoms with Gasteiger partial charge in [-0.25, -0.2) is 9.37 Å². The van der Waals surface area contributed by atoms with Crippen LogP contribution in [0.2, 0.25) is 0 Å². The molecule has 0 saturated heterocycles. The van der Waals surface area contributed by atoms with Gasteiger partial charge in [0.1, 0.15) is 34.5 Å². The molecule has 0 saturated carbocycles. The van der Waals surface area contributed by atoms with Gasteiger partial charge in [-0.05, 0) is 42.5 Å². The Hall–Kier alpha value is -3.41. The summed E-state index contributed by atoms with van der Waals surface area (Å²) in [6.45, 7) is 0. The van der Waals surface area contributed by atoms with E-state index in [-0.39, 0.29) is 5.75 Å². The van der Waals surface area contributed by atoms with E-state index in [2.05, 4.69) is 9.97 Å². The summed E-state index contributed by atoms with van der Waals surface area (Å²) in [7, 11) is 1.57. The van der Waals surface area contributed by atoms with Crippen LogP contribution in [0.25, 0.3) is 28.3 Å². The van der Waals surface area contributed by atoms with Crippen LogP contribution in [0.4, 0.5) is 4.39 Å². The summed E-state index contributed by atoms with van der Waals surface area (Å²) in [5, 5.41) is 10.2. The Kier molecular flexibility index (Phi) is 3.57. The van der Waals surface area contributed by atoms with Crippen molar-refractivity contribution < 1.29 is 14.2 Å². The second-order valence-electron chi connectivity index (χ2n) is 5.46. The SMILES string of the molecule is COc1cccnc1-c1nc(-c2cc(F)ccc2O)n2ccccc12. The number of rotatable bonds is 3. The standard InChI is InChI=1S/C19H14FN3O2/c1-25-16-6-4-9-21-18(16)17-14-5-2-3-10-23(14)19(22-17)13-11-12(20)7-8-15(13)24/h2-11,24H,1H3. The van der Waals surface area contributed by atoms with E-state index in [0.717, 1.165) is 5.52 Å². The van der Waals surface area contributed by atoms with Gasteiger partial charge >= 0.3 is 0 Å². The molecule has 124 valence electrons. The zero-order valence-corrected chi connectivity index (χ0v) is 13.3. The minimum Gasteiger partial charge on any atom is -0.507 e. The molecule has 3 aromatic heterocycles. The summed E-state index contributed by atoms with van der Waals surface area (Å²) in [6, 6.07) is 13.0. The fourth-order valence-electron chi connectivity index (χ4n) is 2.82. The number of fused-ring (bicyclic) bond motifs is 1. The Morgan fingerprint density at radius 2 is 1.96 bits per heavy atom. The third kappa shape index (κ3) is 2.48.